The lowest BCUT2D eigenvalue weighted by Crippen LogP contribution is -2.15. The molecule has 0 saturated heterocycles. The maximum absolute atomic E-state index is 12.1. The third-order valence-corrected chi connectivity index (χ3v) is 1.50. The zero-order chi connectivity index (χ0) is 7.49. The third-order valence-electron chi connectivity index (χ3n) is 0.970. The third kappa shape index (κ3) is 6.03. The summed E-state index contributed by atoms with van der Waals surface area (Å²) in [5.41, 5.74) is 0. The zero-order valence-electron chi connectivity index (χ0n) is 5.63. The number of halogens is 3. The maximum Gasteiger partial charge on any atom is 0.245 e. The average molecular weight is 157 g/mol. The zero-order valence-corrected chi connectivity index (χ0v) is 6.38. The van der Waals surface area contributed by atoms with Gasteiger partial charge in [0.25, 0.3) is 0 Å². The molecule has 0 aliphatic rings. The normalized spacial score (nSPS) is 15.7. The number of alkyl halides is 3. The van der Waals surface area contributed by atoms with Crippen molar-refractivity contribution in [3.05, 3.63) is 0 Å². The summed E-state index contributed by atoms with van der Waals surface area (Å²) in [5.74, 6) is -2.34. The van der Waals surface area contributed by atoms with Crippen LogP contribution in [0.4, 0.5) is 8.78 Å². The summed E-state index contributed by atoms with van der Waals surface area (Å²) in [4.78, 5) is 0. The van der Waals surface area contributed by atoms with E-state index in [0.717, 1.165) is 6.92 Å². The van der Waals surface area contributed by atoms with Gasteiger partial charge in [0.15, 0.2) is 0 Å². The Morgan fingerprint density at radius 1 is 1.56 bits per heavy atom. The van der Waals surface area contributed by atoms with E-state index in [4.69, 9.17) is 11.6 Å². The molecule has 3 heteroatoms. The van der Waals surface area contributed by atoms with Crippen LogP contribution in [-0.2, 0) is 0 Å². The molecule has 0 saturated carbocycles. The lowest BCUT2D eigenvalue weighted by atomic mass is 10.1. The molecule has 0 amide bonds. The Bertz CT molecular complexity index is 77.6. The molecule has 0 aromatic rings. The van der Waals surface area contributed by atoms with Gasteiger partial charge in [-0.15, -0.1) is 11.6 Å². The van der Waals surface area contributed by atoms with Gasteiger partial charge in [0.2, 0.25) is 5.92 Å². The lowest BCUT2D eigenvalue weighted by Gasteiger charge is -2.13. The van der Waals surface area contributed by atoms with Crippen LogP contribution >= 0.6 is 11.6 Å². The van der Waals surface area contributed by atoms with Crippen LogP contribution in [-0.4, -0.2) is 11.8 Å². The summed E-state index contributed by atoms with van der Waals surface area (Å²) < 4.78 is 24.2. The molecule has 0 aromatic carbocycles. The van der Waals surface area contributed by atoms with Gasteiger partial charge < -0.3 is 0 Å². The van der Waals surface area contributed by atoms with Crippen LogP contribution in [0.2, 0.25) is 0 Å². The van der Waals surface area contributed by atoms with Gasteiger partial charge in [0, 0.05) is 12.3 Å². The van der Waals surface area contributed by atoms with E-state index in [2.05, 4.69) is 0 Å². The Labute approximate surface area is 59.2 Å². The van der Waals surface area contributed by atoms with E-state index >= 15 is 0 Å². The van der Waals surface area contributed by atoms with Crippen LogP contribution in [0.3, 0.4) is 0 Å². The predicted molar refractivity (Wildman–Crippen MR) is 35.1 cm³/mol. The van der Waals surface area contributed by atoms with Crippen molar-refractivity contribution in [1.82, 2.24) is 0 Å². The second-order valence-corrected chi connectivity index (χ2v) is 2.84. The summed E-state index contributed by atoms with van der Waals surface area (Å²) in [7, 11) is 0. The van der Waals surface area contributed by atoms with Crippen molar-refractivity contribution in [3.63, 3.8) is 0 Å². The summed E-state index contributed by atoms with van der Waals surface area (Å²) in [6.45, 7) is 2.63. The summed E-state index contributed by atoms with van der Waals surface area (Å²) >= 11 is 5.32. The van der Waals surface area contributed by atoms with Gasteiger partial charge in [-0.1, -0.05) is 6.92 Å². The molecule has 0 aliphatic heterocycles. The first-order valence-electron chi connectivity index (χ1n) is 2.89. The molecule has 0 spiro atoms. The van der Waals surface area contributed by atoms with Crippen molar-refractivity contribution in [2.75, 3.05) is 5.88 Å². The Hall–Kier alpha value is 0.150. The predicted octanol–water partition coefficient (Wildman–Crippen LogP) is 2.91. The number of hydrogen-bond donors (Lipinski definition) is 0. The summed E-state index contributed by atoms with van der Waals surface area (Å²) in [6, 6.07) is 0. The van der Waals surface area contributed by atoms with E-state index in [0.29, 0.717) is 5.88 Å². The standard InChI is InChI=1S/C6H11ClF2/c1-5(4-7)3-6(2,8)9/h5H,3-4H2,1-2H3. The van der Waals surface area contributed by atoms with E-state index in [1.165, 1.54) is 0 Å². The molecular weight excluding hydrogens is 146 g/mol. The van der Waals surface area contributed by atoms with Crippen LogP contribution in [0.25, 0.3) is 0 Å². The SMILES string of the molecule is CC(CCl)CC(C)(F)F. The Balaban J connectivity index is 3.47. The minimum atomic E-state index is -2.56. The Kier molecular flexibility index (Phi) is 3.41. The van der Waals surface area contributed by atoms with Gasteiger partial charge in [-0.3, -0.25) is 0 Å². The molecule has 1 unspecified atom stereocenters. The van der Waals surface area contributed by atoms with Crippen LogP contribution in [0.15, 0.2) is 0 Å². The molecule has 0 fully saturated rings. The highest BCUT2D eigenvalue weighted by atomic mass is 35.5. The van der Waals surface area contributed by atoms with E-state index in [9.17, 15) is 8.78 Å². The van der Waals surface area contributed by atoms with Crippen LogP contribution < -0.4 is 0 Å². The van der Waals surface area contributed by atoms with Gasteiger partial charge in [-0.2, -0.15) is 0 Å². The smallest absolute Gasteiger partial charge is 0.207 e. The van der Waals surface area contributed by atoms with Crippen LogP contribution in [0.1, 0.15) is 20.3 Å². The highest BCUT2D eigenvalue weighted by molar-refractivity contribution is 6.18. The molecule has 0 nitrogen and oxygen atoms in total. The molecule has 0 heterocycles. The van der Waals surface area contributed by atoms with E-state index < -0.39 is 5.92 Å². The largest absolute Gasteiger partial charge is 0.245 e. The molecular formula is C6H11ClF2. The van der Waals surface area contributed by atoms with E-state index in [1.807, 2.05) is 0 Å². The van der Waals surface area contributed by atoms with Crippen molar-refractivity contribution in [1.29, 1.82) is 0 Å². The molecule has 1 atom stereocenters. The first kappa shape index (κ1) is 9.15. The average Bonchev–Trinajstić information content (AvgIpc) is 1.62. The fourth-order valence-corrected chi connectivity index (χ4v) is 0.776. The molecule has 0 aliphatic carbocycles. The Morgan fingerprint density at radius 2 is 2.00 bits per heavy atom. The molecule has 0 radical (unpaired) electrons. The monoisotopic (exact) mass is 156 g/mol. The second-order valence-electron chi connectivity index (χ2n) is 2.53. The van der Waals surface area contributed by atoms with Crippen molar-refractivity contribution in [2.24, 2.45) is 5.92 Å². The first-order valence-corrected chi connectivity index (χ1v) is 3.43. The quantitative estimate of drug-likeness (QED) is 0.552. The fraction of sp³-hybridized carbons (Fsp3) is 1.00. The van der Waals surface area contributed by atoms with Gasteiger partial charge >= 0.3 is 0 Å². The minimum absolute atomic E-state index is 0.0910. The molecule has 0 bridgehead atoms. The number of rotatable bonds is 3. The van der Waals surface area contributed by atoms with Crippen LogP contribution in [0.5, 0.6) is 0 Å². The molecule has 56 valence electrons. The van der Waals surface area contributed by atoms with Gasteiger partial charge in [-0.25, -0.2) is 8.78 Å². The van der Waals surface area contributed by atoms with E-state index in [-0.39, 0.29) is 12.3 Å². The van der Waals surface area contributed by atoms with Gasteiger partial charge in [-0.05, 0) is 12.8 Å². The molecule has 0 rings (SSSR count). The molecule has 9 heavy (non-hydrogen) atoms. The lowest BCUT2D eigenvalue weighted by molar-refractivity contribution is 0.00135. The topological polar surface area (TPSA) is 0 Å². The fourth-order valence-electron chi connectivity index (χ4n) is 0.666. The minimum Gasteiger partial charge on any atom is -0.207 e. The van der Waals surface area contributed by atoms with E-state index in [1.54, 1.807) is 6.92 Å². The van der Waals surface area contributed by atoms with Crippen LogP contribution in [0, 0.1) is 5.92 Å². The second kappa shape index (κ2) is 3.35. The summed E-state index contributed by atoms with van der Waals surface area (Å²) in [5, 5.41) is 0. The Morgan fingerprint density at radius 3 is 2.11 bits per heavy atom. The van der Waals surface area contributed by atoms with Gasteiger partial charge in [0.1, 0.15) is 0 Å². The first-order chi connectivity index (χ1) is 3.95. The number of hydrogen-bond acceptors (Lipinski definition) is 0. The van der Waals surface area contributed by atoms with Crippen molar-refractivity contribution < 1.29 is 8.78 Å². The maximum atomic E-state index is 12.1. The van der Waals surface area contributed by atoms with Crippen molar-refractivity contribution in [2.45, 2.75) is 26.2 Å². The van der Waals surface area contributed by atoms with Crippen molar-refractivity contribution in [3.8, 4) is 0 Å². The molecule has 0 N–H and O–H groups in total. The summed E-state index contributed by atoms with van der Waals surface area (Å²) in [6.07, 6.45) is -0.115. The highest BCUT2D eigenvalue weighted by Gasteiger charge is 2.23. The molecule has 0 aromatic heterocycles. The van der Waals surface area contributed by atoms with Crippen molar-refractivity contribution >= 4 is 11.6 Å². The van der Waals surface area contributed by atoms with Gasteiger partial charge in [0.05, 0.1) is 0 Å². The highest BCUT2D eigenvalue weighted by Crippen LogP contribution is 2.22.